The van der Waals surface area contributed by atoms with Crippen LogP contribution in [-0.2, 0) is 0 Å². The molecule has 6 heteroatoms. The lowest BCUT2D eigenvalue weighted by Gasteiger charge is -2.21. The summed E-state index contributed by atoms with van der Waals surface area (Å²) in [5.41, 5.74) is 9.74. The number of nitrogens with two attached hydrogens (primary N) is 1. The summed E-state index contributed by atoms with van der Waals surface area (Å²) in [5, 5.41) is 15.6. The molecule has 1 saturated heterocycles. The average Bonchev–Trinajstić information content (AvgIpc) is 3.02. The highest BCUT2D eigenvalue weighted by molar-refractivity contribution is 5.88. The number of nitrogen functional groups attached to an aromatic ring is 1. The van der Waals surface area contributed by atoms with E-state index in [4.69, 9.17) is 10.8 Å². The van der Waals surface area contributed by atoms with Crippen molar-refractivity contribution in [3.8, 4) is 0 Å². The monoisotopic (exact) mass is 354 g/mol. The highest BCUT2D eigenvalue weighted by atomic mass is 16.4. The molecule has 26 heavy (non-hydrogen) atoms. The second-order valence-corrected chi connectivity index (χ2v) is 6.76. The number of carboxylic acids is 1. The van der Waals surface area contributed by atoms with Crippen LogP contribution in [0.15, 0.2) is 42.5 Å². The molecule has 0 spiro atoms. The molecule has 1 aliphatic heterocycles. The van der Waals surface area contributed by atoms with Crippen LogP contribution in [0.25, 0.3) is 0 Å². The van der Waals surface area contributed by atoms with Gasteiger partial charge in [0, 0.05) is 30.5 Å². The third-order valence-corrected chi connectivity index (χ3v) is 4.88. The number of carboxylic acid groups (broad SMARTS) is 1. The van der Waals surface area contributed by atoms with E-state index < -0.39 is 5.97 Å². The van der Waals surface area contributed by atoms with Crippen molar-refractivity contribution in [2.24, 2.45) is 0 Å². The van der Waals surface area contributed by atoms with Gasteiger partial charge in [-0.2, -0.15) is 0 Å². The Kier molecular flexibility index (Phi) is 5.63. The van der Waals surface area contributed by atoms with Crippen molar-refractivity contribution in [2.75, 3.05) is 36.0 Å². The Morgan fingerprint density at radius 3 is 2.58 bits per heavy atom. The highest BCUT2D eigenvalue weighted by Gasteiger charge is 2.19. The largest absolute Gasteiger partial charge is 0.478 e. The molecule has 1 unspecified atom stereocenters. The van der Waals surface area contributed by atoms with Gasteiger partial charge in [0.15, 0.2) is 0 Å². The van der Waals surface area contributed by atoms with Crippen LogP contribution < -0.4 is 16.4 Å². The van der Waals surface area contributed by atoms with Crippen LogP contribution in [0.1, 0.15) is 30.1 Å². The number of likely N-dealkylation sites (tertiary alicyclic amines) is 1. The molecule has 0 bridgehead atoms. The molecule has 138 valence electrons. The molecule has 0 radical (unpaired) electrons. The summed E-state index contributed by atoms with van der Waals surface area (Å²) >= 11 is 0. The zero-order chi connectivity index (χ0) is 18.5. The van der Waals surface area contributed by atoms with E-state index in [9.17, 15) is 4.79 Å². The molecule has 2 aromatic rings. The zero-order valence-corrected chi connectivity index (χ0v) is 15.0. The van der Waals surface area contributed by atoms with E-state index in [2.05, 4.69) is 22.5 Å². The number of anilines is 4. The van der Waals surface area contributed by atoms with Gasteiger partial charge in [0.2, 0.25) is 0 Å². The molecule has 1 heterocycles. The fourth-order valence-corrected chi connectivity index (χ4v) is 3.32. The standard InChI is InChI=1S/C20H26N4O2/c1-14-3-2-11-24(14)12-10-22-19-9-8-17(13-18(19)21)23-16-6-4-15(5-7-16)20(25)26/h4-9,13-14,22-23H,2-3,10-12,21H2,1H3,(H,25,26). The quantitative estimate of drug-likeness (QED) is 0.568. The van der Waals surface area contributed by atoms with Crippen molar-refractivity contribution in [3.05, 3.63) is 48.0 Å². The maximum Gasteiger partial charge on any atom is 0.335 e. The average molecular weight is 354 g/mol. The first-order valence-corrected chi connectivity index (χ1v) is 9.01. The molecular weight excluding hydrogens is 328 g/mol. The molecular formula is C20H26N4O2. The van der Waals surface area contributed by atoms with Crippen LogP contribution >= 0.6 is 0 Å². The van der Waals surface area contributed by atoms with Gasteiger partial charge in [0.05, 0.1) is 16.9 Å². The van der Waals surface area contributed by atoms with E-state index in [1.165, 1.54) is 19.4 Å². The molecule has 6 nitrogen and oxygen atoms in total. The Hall–Kier alpha value is -2.73. The summed E-state index contributed by atoms with van der Waals surface area (Å²) in [4.78, 5) is 13.4. The molecule has 0 saturated carbocycles. The number of nitrogens with zero attached hydrogens (tertiary/aromatic N) is 1. The minimum Gasteiger partial charge on any atom is -0.478 e. The van der Waals surface area contributed by atoms with Gasteiger partial charge in [-0.25, -0.2) is 4.79 Å². The van der Waals surface area contributed by atoms with E-state index >= 15 is 0 Å². The summed E-state index contributed by atoms with van der Waals surface area (Å²) in [6, 6.07) is 13.1. The molecule has 0 aromatic heterocycles. The Labute approximate surface area is 154 Å². The van der Waals surface area contributed by atoms with Gasteiger partial charge in [-0.1, -0.05) is 0 Å². The lowest BCUT2D eigenvalue weighted by Crippen LogP contribution is -2.31. The third-order valence-electron chi connectivity index (χ3n) is 4.88. The Balaban J connectivity index is 1.55. The number of carbonyl (C=O) groups is 1. The minimum atomic E-state index is -0.931. The van der Waals surface area contributed by atoms with Gasteiger partial charge >= 0.3 is 5.97 Å². The number of nitrogens with one attached hydrogen (secondary N) is 2. The van der Waals surface area contributed by atoms with Crippen LogP contribution in [0.2, 0.25) is 0 Å². The first-order chi connectivity index (χ1) is 12.5. The van der Waals surface area contributed by atoms with Crippen LogP contribution in [0.3, 0.4) is 0 Å². The van der Waals surface area contributed by atoms with E-state index in [0.29, 0.717) is 11.7 Å². The Bertz CT molecular complexity index is 761. The Morgan fingerprint density at radius 1 is 1.23 bits per heavy atom. The maximum atomic E-state index is 10.9. The third kappa shape index (κ3) is 4.46. The number of aromatic carboxylic acids is 1. The predicted octanol–water partition coefficient (Wildman–Crippen LogP) is 3.61. The second kappa shape index (κ2) is 8.10. The zero-order valence-electron chi connectivity index (χ0n) is 15.0. The molecule has 0 aliphatic carbocycles. The lowest BCUT2D eigenvalue weighted by molar-refractivity contribution is 0.0697. The van der Waals surface area contributed by atoms with Gasteiger partial charge in [-0.15, -0.1) is 0 Å². The van der Waals surface area contributed by atoms with E-state index in [-0.39, 0.29) is 5.56 Å². The van der Waals surface area contributed by atoms with Crippen LogP contribution in [0.4, 0.5) is 22.7 Å². The second-order valence-electron chi connectivity index (χ2n) is 6.76. The maximum absolute atomic E-state index is 10.9. The Morgan fingerprint density at radius 2 is 1.96 bits per heavy atom. The van der Waals surface area contributed by atoms with Gasteiger partial charge in [-0.3, -0.25) is 4.90 Å². The van der Waals surface area contributed by atoms with Crippen molar-refractivity contribution >= 4 is 28.7 Å². The lowest BCUT2D eigenvalue weighted by atomic mass is 10.2. The molecule has 1 atom stereocenters. The summed E-state index contributed by atoms with van der Waals surface area (Å²) in [5.74, 6) is -0.931. The van der Waals surface area contributed by atoms with Gasteiger partial charge in [-0.05, 0) is 68.8 Å². The van der Waals surface area contributed by atoms with Crippen molar-refractivity contribution < 1.29 is 9.90 Å². The SMILES string of the molecule is CC1CCCN1CCNc1ccc(Nc2ccc(C(=O)O)cc2)cc1N. The smallest absolute Gasteiger partial charge is 0.335 e. The van der Waals surface area contributed by atoms with Crippen LogP contribution in [0, 0.1) is 0 Å². The van der Waals surface area contributed by atoms with E-state index in [0.717, 1.165) is 30.2 Å². The molecule has 1 aliphatic rings. The fraction of sp³-hybridized carbons (Fsp3) is 0.350. The molecule has 3 rings (SSSR count). The van der Waals surface area contributed by atoms with Crippen molar-refractivity contribution in [2.45, 2.75) is 25.8 Å². The normalized spacial score (nSPS) is 17.2. The van der Waals surface area contributed by atoms with Crippen molar-refractivity contribution in [1.82, 2.24) is 4.90 Å². The number of hydrogen-bond acceptors (Lipinski definition) is 5. The minimum absolute atomic E-state index is 0.266. The van der Waals surface area contributed by atoms with Crippen LogP contribution in [0.5, 0.6) is 0 Å². The van der Waals surface area contributed by atoms with Crippen molar-refractivity contribution in [1.29, 1.82) is 0 Å². The number of benzene rings is 2. The predicted molar refractivity (Wildman–Crippen MR) is 106 cm³/mol. The fourth-order valence-electron chi connectivity index (χ4n) is 3.32. The summed E-state index contributed by atoms with van der Waals surface area (Å²) < 4.78 is 0. The summed E-state index contributed by atoms with van der Waals surface area (Å²) in [6.07, 6.45) is 2.58. The molecule has 2 aromatic carbocycles. The highest BCUT2D eigenvalue weighted by Crippen LogP contribution is 2.25. The van der Waals surface area contributed by atoms with Gasteiger partial charge < -0.3 is 21.5 Å². The summed E-state index contributed by atoms with van der Waals surface area (Å²) in [7, 11) is 0. The van der Waals surface area contributed by atoms with Crippen molar-refractivity contribution in [3.63, 3.8) is 0 Å². The topological polar surface area (TPSA) is 90.6 Å². The molecule has 5 N–H and O–H groups in total. The van der Waals surface area contributed by atoms with E-state index in [1.807, 2.05) is 18.2 Å². The first-order valence-electron chi connectivity index (χ1n) is 9.01. The van der Waals surface area contributed by atoms with Gasteiger partial charge in [0.1, 0.15) is 0 Å². The summed E-state index contributed by atoms with van der Waals surface area (Å²) in [6.45, 7) is 5.36. The molecule has 0 amide bonds. The number of rotatable bonds is 7. The van der Waals surface area contributed by atoms with Crippen LogP contribution in [-0.4, -0.2) is 41.7 Å². The van der Waals surface area contributed by atoms with E-state index in [1.54, 1.807) is 24.3 Å². The van der Waals surface area contributed by atoms with Gasteiger partial charge in [0.25, 0.3) is 0 Å². The first kappa shape index (κ1) is 18.1. The molecule has 1 fully saturated rings. The number of hydrogen-bond donors (Lipinski definition) is 4.